The largest absolute Gasteiger partial charge is 0.490 e. The van der Waals surface area contributed by atoms with E-state index in [1.165, 1.54) is 21.6 Å². The Morgan fingerprint density at radius 1 is 1.28 bits per heavy atom. The monoisotopic (exact) mass is 412 g/mol. The molecule has 1 aromatic heterocycles. The highest BCUT2D eigenvalue weighted by Crippen LogP contribution is 2.71. The molecule has 1 saturated carbocycles. The summed E-state index contributed by atoms with van der Waals surface area (Å²) < 4.78 is 5.75. The lowest BCUT2D eigenvalue weighted by Gasteiger charge is -2.15. The maximum absolute atomic E-state index is 13.0. The second kappa shape index (κ2) is 7.24. The summed E-state index contributed by atoms with van der Waals surface area (Å²) in [7, 11) is 0. The summed E-state index contributed by atoms with van der Waals surface area (Å²) in [5, 5.41) is 9.46. The molecule has 0 saturated heterocycles. The van der Waals surface area contributed by atoms with Crippen molar-refractivity contribution in [2.45, 2.75) is 72.8 Å². The summed E-state index contributed by atoms with van der Waals surface area (Å²) >= 11 is 1.72. The molecule has 0 amide bonds. The summed E-state index contributed by atoms with van der Waals surface area (Å²) in [4.78, 5) is 15.4. The predicted octanol–water partition coefficient (Wildman–Crippen LogP) is 5.54. The van der Waals surface area contributed by atoms with Crippen LogP contribution in [0.5, 0.6) is 5.75 Å². The fourth-order valence-corrected chi connectivity index (χ4v) is 6.54. The molecular weight excluding hydrogens is 380 g/mol. The Hall–Kier alpha value is -1.65. The first kappa shape index (κ1) is 20.6. The Labute approximate surface area is 178 Å². The van der Waals surface area contributed by atoms with Gasteiger partial charge in [0.15, 0.2) is 5.78 Å². The molecule has 4 rings (SSSR count). The molecule has 1 N–H and O–H groups in total. The third-order valence-electron chi connectivity index (χ3n) is 6.90. The van der Waals surface area contributed by atoms with E-state index in [1.807, 2.05) is 13.8 Å². The topological polar surface area (TPSA) is 46.5 Å². The van der Waals surface area contributed by atoms with Crippen LogP contribution in [0.3, 0.4) is 0 Å². The van der Waals surface area contributed by atoms with E-state index in [1.54, 1.807) is 18.3 Å². The highest BCUT2D eigenvalue weighted by molar-refractivity contribution is 7.14. The first-order valence-corrected chi connectivity index (χ1v) is 11.5. The van der Waals surface area contributed by atoms with Crippen LogP contribution < -0.4 is 4.74 Å². The van der Waals surface area contributed by atoms with Gasteiger partial charge in [0.1, 0.15) is 12.4 Å². The van der Waals surface area contributed by atoms with Gasteiger partial charge in [-0.2, -0.15) is 0 Å². The average Bonchev–Trinajstić information content (AvgIpc) is 2.97. The van der Waals surface area contributed by atoms with E-state index in [2.05, 4.69) is 32.9 Å². The molecule has 0 bridgehead atoms. The Balaban J connectivity index is 1.45. The van der Waals surface area contributed by atoms with Crippen LogP contribution >= 0.6 is 11.3 Å². The molecule has 1 unspecified atom stereocenters. The number of hydrogen-bond donors (Lipinski definition) is 1. The highest BCUT2D eigenvalue weighted by Gasteiger charge is 2.63. The molecule has 1 heterocycles. The molecule has 0 radical (unpaired) electrons. The van der Waals surface area contributed by atoms with Crippen molar-refractivity contribution >= 4 is 17.1 Å². The number of hydrogen-bond acceptors (Lipinski definition) is 4. The third kappa shape index (κ3) is 3.55. The molecule has 29 heavy (non-hydrogen) atoms. The van der Waals surface area contributed by atoms with Crippen molar-refractivity contribution in [3.05, 3.63) is 49.7 Å². The van der Waals surface area contributed by atoms with Gasteiger partial charge in [-0.25, -0.2) is 0 Å². The molecule has 2 aliphatic carbocycles. The first-order valence-electron chi connectivity index (χ1n) is 10.7. The van der Waals surface area contributed by atoms with Crippen molar-refractivity contribution in [1.29, 1.82) is 0 Å². The van der Waals surface area contributed by atoms with Gasteiger partial charge in [0.05, 0.1) is 11.0 Å². The quantitative estimate of drug-likeness (QED) is 0.607. The van der Waals surface area contributed by atoms with Gasteiger partial charge in [-0.3, -0.25) is 4.79 Å². The van der Waals surface area contributed by atoms with E-state index in [0.29, 0.717) is 30.1 Å². The normalized spacial score (nSPS) is 22.2. The average molecular weight is 413 g/mol. The minimum Gasteiger partial charge on any atom is -0.490 e. The maximum atomic E-state index is 13.0. The summed E-state index contributed by atoms with van der Waals surface area (Å²) in [5.41, 5.74) is 6.57. The molecule has 3 nitrogen and oxygen atoms in total. The fraction of sp³-hybridized carbons (Fsp3) is 0.560. The molecule has 4 heteroatoms. The number of rotatable bonds is 7. The van der Waals surface area contributed by atoms with Crippen molar-refractivity contribution in [2.24, 2.45) is 11.3 Å². The smallest absolute Gasteiger partial charge is 0.173 e. The van der Waals surface area contributed by atoms with Crippen LogP contribution in [0.1, 0.15) is 75.5 Å². The zero-order valence-corrected chi connectivity index (χ0v) is 19.2. The zero-order valence-electron chi connectivity index (χ0n) is 18.4. The van der Waals surface area contributed by atoms with Gasteiger partial charge >= 0.3 is 0 Å². The summed E-state index contributed by atoms with van der Waals surface area (Å²) in [6, 6.07) is 4.22. The van der Waals surface area contributed by atoms with E-state index >= 15 is 0 Å². The summed E-state index contributed by atoms with van der Waals surface area (Å²) in [6.07, 6.45) is 1.91. The zero-order chi connectivity index (χ0) is 21.1. The van der Waals surface area contributed by atoms with E-state index in [0.717, 1.165) is 40.5 Å². The van der Waals surface area contributed by atoms with Crippen LogP contribution in [0.2, 0.25) is 0 Å². The number of benzene rings is 1. The molecule has 2 aromatic rings. The number of aliphatic hydroxyl groups is 1. The van der Waals surface area contributed by atoms with E-state index < -0.39 is 6.10 Å². The SMILES string of the molecule is Cc1cc(CCC(=O)c2sc(C)c3c2CC2[C@H]3C2(C)C)cc(C)c1OC[C@@H](C)O. The van der Waals surface area contributed by atoms with Crippen LogP contribution in [0, 0.1) is 32.1 Å². The lowest BCUT2D eigenvalue weighted by Crippen LogP contribution is -2.14. The second-order valence-corrected chi connectivity index (χ2v) is 10.9. The van der Waals surface area contributed by atoms with Gasteiger partial charge in [0, 0.05) is 11.3 Å². The number of aliphatic hydroxyl groups excluding tert-OH is 1. The fourth-order valence-electron chi connectivity index (χ4n) is 5.34. The number of aryl methyl sites for hydroxylation is 4. The van der Waals surface area contributed by atoms with E-state index in [9.17, 15) is 9.90 Å². The number of carbonyl (C=O) groups excluding carboxylic acids is 1. The lowest BCUT2D eigenvalue weighted by atomic mass is 9.93. The molecular formula is C25H32O3S. The molecule has 0 aliphatic heterocycles. The third-order valence-corrected chi connectivity index (χ3v) is 8.11. The Bertz CT molecular complexity index is 944. The van der Waals surface area contributed by atoms with Gasteiger partial charge in [-0.1, -0.05) is 26.0 Å². The first-order chi connectivity index (χ1) is 13.6. The van der Waals surface area contributed by atoms with E-state index in [4.69, 9.17) is 4.74 Å². The van der Waals surface area contributed by atoms with Crippen LogP contribution in [0.15, 0.2) is 12.1 Å². The Morgan fingerprint density at radius 2 is 1.93 bits per heavy atom. The Morgan fingerprint density at radius 3 is 2.55 bits per heavy atom. The molecule has 1 aromatic carbocycles. The van der Waals surface area contributed by atoms with Crippen molar-refractivity contribution < 1.29 is 14.6 Å². The molecule has 1 fully saturated rings. The van der Waals surface area contributed by atoms with Gasteiger partial charge in [-0.05, 0) is 85.6 Å². The number of ether oxygens (including phenoxy) is 1. The number of Topliss-reactive ketones (excluding diaryl/α,β-unsaturated/α-hetero) is 1. The predicted molar refractivity (Wildman–Crippen MR) is 119 cm³/mol. The van der Waals surface area contributed by atoms with Crippen LogP contribution in [-0.2, 0) is 12.8 Å². The van der Waals surface area contributed by atoms with Gasteiger partial charge < -0.3 is 9.84 Å². The van der Waals surface area contributed by atoms with E-state index in [-0.39, 0.29) is 0 Å². The van der Waals surface area contributed by atoms with Crippen molar-refractivity contribution in [3.63, 3.8) is 0 Å². The lowest BCUT2D eigenvalue weighted by molar-refractivity contribution is 0.0985. The standard InChI is InChI=1S/C25H32O3S/c1-13-9-17(10-14(2)23(13)28-12-15(3)26)7-8-20(27)24-18-11-19-22(25(19,5)6)21(18)16(4)29-24/h9-10,15,19,22,26H,7-8,11-12H2,1-6H3/t15-,19?,22-/m1/s1. The minimum absolute atomic E-state index is 0.293. The highest BCUT2D eigenvalue weighted by atomic mass is 32.1. The number of thiophene rings is 1. The summed E-state index contributed by atoms with van der Waals surface area (Å²) in [5.74, 6) is 2.55. The molecule has 2 aliphatic rings. The number of fused-ring (bicyclic) bond motifs is 3. The molecule has 0 spiro atoms. The number of carbonyl (C=O) groups is 1. The summed E-state index contributed by atoms with van der Waals surface area (Å²) in [6.45, 7) is 13.0. The van der Waals surface area contributed by atoms with Crippen LogP contribution in [0.4, 0.5) is 0 Å². The van der Waals surface area contributed by atoms with Crippen molar-refractivity contribution in [2.75, 3.05) is 6.61 Å². The Kier molecular flexibility index (Phi) is 5.15. The van der Waals surface area contributed by atoms with Crippen LogP contribution in [-0.4, -0.2) is 23.6 Å². The minimum atomic E-state index is -0.487. The molecule has 3 atom stereocenters. The van der Waals surface area contributed by atoms with Gasteiger partial charge in [-0.15, -0.1) is 11.3 Å². The number of ketones is 1. The van der Waals surface area contributed by atoms with Crippen molar-refractivity contribution in [1.82, 2.24) is 0 Å². The van der Waals surface area contributed by atoms with Crippen molar-refractivity contribution in [3.8, 4) is 5.75 Å². The van der Waals surface area contributed by atoms with Crippen LogP contribution in [0.25, 0.3) is 0 Å². The van der Waals surface area contributed by atoms with Gasteiger partial charge in [0.25, 0.3) is 0 Å². The van der Waals surface area contributed by atoms with Gasteiger partial charge in [0.2, 0.25) is 0 Å². The second-order valence-electron chi connectivity index (χ2n) is 9.63. The molecule has 156 valence electrons. The maximum Gasteiger partial charge on any atom is 0.173 e.